The zero-order valence-electron chi connectivity index (χ0n) is 7.09. The Labute approximate surface area is 68.4 Å². The molecule has 0 saturated carbocycles. The largest absolute Gasteiger partial charge is 0.310 e. The first-order chi connectivity index (χ1) is 5.29. The Hall–Kier alpha value is -0.820. The highest BCUT2D eigenvalue weighted by Crippen LogP contribution is 1.96. The molecule has 1 nitrogen and oxygen atoms in total. The second kappa shape index (κ2) is 4.14. The molecule has 1 heteroatoms. The van der Waals surface area contributed by atoms with E-state index in [0.29, 0.717) is 6.04 Å². The summed E-state index contributed by atoms with van der Waals surface area (Å²) >= 11 is 0. The van der Waals surface area contributed by atoms with E-state index in [0.717, 1.165) is 6.54 Å². The van der Waals surface area contributed by atoms with Crippen LogP contribution < -0.4 is 5.32 Å². The van der Waals surface area contributed by atoms with E-state index < -0.39 is 0 Å². The van der Waals surface area contributed by atoms with Crippen LogP contribution in [0.25, 0.3) is 0 Å². The van der Waals surface area contributed by atoms with Gasteiger partial charge in [-0.25, -0.2) is 0 Å². The molecule has 59 valence electrons. The van der Waals surface area contributed by atoms with E-state index in [2.05, 4.69) is 37.4 Å². The molecule has 1 rings (SSSR count). The Balaban J connectivity index is 2.39. The third-order valence-corrected chi connectivity index (χ3v) is 1.50. The van der Waals surface area contributed by atoms with Crippen molar-refractivity contribution in [2.24, 2.45) is 0 Å². The van der Waals surface area contributed by atoms with Gasteiger partial charge in [-0.3, -0.25) is 0 Å². The summed E-state index contributed by atoms with van der Waals surface area (Å²) in [4.78, 5) is 0. The smallest absolute Gasteiger partial charge is 0.0207 e. The fourth-order valence-corrected chi connectivity index (χ4v) is 0.861. The van der Waals surface area contributed by atoms with E-state index in [1.807, 2.05) is 12.1 Å². The van der Waals surface area contributed by atoms with Crippen molar-refractivity contribution in [3.8, 4) is 0 Å². The Kier molecular flexibility index (Phi) is 3.12. The van der Waals surface area contributed by atoms with E-state index in [1.54, 1.807) is 0 Å². The first kappa shape index (κ1) is 8.28. The van der Waals surface area contributed by atoms with E-state index in [1.165, 1.54) is 5.56 Å². The van der Waals surface area contributed by atoms with Crippen molar-refractivity contribution in [1.82, 2.24) is 5.32 Å². The van der Waals surface area contributed by atoms with Gasteiger partial charge in [0.2, 0.25) is 0 Å². The van der Waals surface area contributed by atoms with Gasteiger partial charge in [0.15, 0.2) is 0 Å². The van der Waals surface area contributed by atoms with Crippen molar-refractivity contribution < 1.29 is 0 Å². The zero-order chi connectivity index (χ0) is 8.10. The van der Waals surface area contributed by atoms with Crippen molar-refractivity contribution in [3.05, 3.63) is 35.9 Å². The Bertz CT molecular complexity index is 191. The molecule has 0 bridgehead atoms. The van der Waals surface area contributed by atoms with E-state index >= 15 is 0 Å². The number of hydrogen-bond acceptors (Lipinski definition) is 1. The standard InChI is InChI=1S/C10H14N/c1-9(2)11-8-10-6-4-3-5-7-10/h4-7,9,11H,8H2,1-2H3. The summed E-state index contributed by atoms with van der Waals surface area (Å²) in [6, 6.07) is 11.6. The minimum Gasteiger partial charge on any atom is -0.310 e. The first-order valence-electron chi connectivity index (χ1n) is 3.97. The summed E-state index contributed by atoms with van der Waals surface area (Å²) < 4.78 is 0. The van der Waals surface area contributed by atoms with E-state index in [4.69, 9.17) is 0 Å². The Morgan fingerprint density at radius 2 is 2.00 bits per heavy atom. The van der Waals surface area contributed by atoms with Crippen LogP contribution in [0.1, 0.15) is 19.4 Å². The number of hydrogen-bond donors (Lipinski definition) is 1. The third kappa shape index (κ3) is 3.19. The molecule has 0 aliphatic rings. The molecular formula is C10H14N. The van der Waals surface area contributed by atoms with Crippen LogP contribution in [0.5, 0.6) is 0 Å². The van der Waals surface area contributed by atoms with Crippen LogP contribution in [-0.4, -0.2) is 6.04 Å². The van der Waals surface area contributed by atoms with Crippen LogP contribution in [0, 0.1) is 6.07 Å². The second-order valence-corrected chi connectivity index (χ2v) is 2.94. The molecule has 1 N–H and O–H groups in total. The van der Waals surface area contributed by atoms with Crippen LogP contribution in [0.4, 0.5) is 0 Å². The number of benzene rings is 1. The lowest BCUT2D eigenvalue weighted by Gasteiger charge is -2.06. The highest BCUT2D eigenvalue weighted by Gasteiger charge is 1.92. The normalized spacial score (nSPS) is 10.5. The van der Waals surface area contributed by atoms with Gasteiger partial charge >= 0.3 is 0 Å². The molecule has 0 saturated heterocycles. The van der Waals surface area contributed by atoms with Gasteiger partial charge in [0.05, 0.1) is 0 Å². The molecule has 1 aromatic rings. The summed E-state index contributed by atoms with van der Waals surface area (Å²) in [6.07, 6.45) is 0. The molecule has 0 aromatic heterocycles. The average Bonchev–Trinajstić information content (AvgIpc) is 2.03. The predicted molar refractivity (Wildman–Crippen MR) is 47.3 cm³/mol. The Morgan fingerprint density at radius 1 is 1.36 bits per heavy atom. The molecule has 11 heavy (non-hydrogen) atoms. The monoisotopic (exact) mass is 148 g/mol. The third-order valence-electron chi connectivity index (χ3n) is 1.50. The minimum absolute atomic E-state index is 0.555. The predicted octanol–water partition coefficient (Wildman–Crippen LogP) is 1.98. The van der Waals surface area contributed by atoms with Gasteiger partial charge in [0, 0.05) is 12.6 Å². The van der Waals surface area contributed by atoms with Gasteiger partial charge in [0.1, 0.15) is 0 Å². The lowest BCUT2D eigenvalue weighted by Crippen LogP contribution is -2.21. The summed E-state index contributed by atoms with van der Waals surface area (Å²) in [7, 11) is 0. The molecule has 0 aliphatic heterocycles. The maximum Gasteiger partial charge on any atom is 0.0207 e. The maximum atomic E-state index is 3.35. The molecule has 0 spiro atoms. The fraction of sp³-hybridized carbons (Fsp3) is 0.400. The zero-order valence-corrected chi connectivity index (χ0v) is 7.09. The minimum atomic E-state index is 0.555. The van der Waals surface area contributed by atoms with Crippen molar-refractivity contribution >= 4 is 0 Å². The maximum absolute atomic E-state index is 3.35. The molecule has 0 aliphatic carbocycles. The highest BCUT2D eigenvalue weighted by molar-refractivity contribution is 5.13. The van der Waals surface area contributed by atoms with Gasteiger partial charge in [-0.1, -0.05) is 38.1 Å². The molecule has 0 amide bonds. The molecular weight excluding hydrogens is 134 g/mol. The van der Waals surface area contributed by atoms with Gasteiger partial charge in [-0.15, -0.1) is 0 Å². The van der Waals surface area contributed by atoms with Crippen molar-refractivity contribution in [1.29, 1.82) is 0 Å². The molecule has 0 unspecified atom stereocenters. The molecule has 0 fully saturated rings. The SMILES string of the molecule is CC(C)NCc1cc[c]cc1. The van der Waals surface area contributed by atoms with Crippen molar-refractivity contribution in [2.75, 3.05) is 0 Å². The first-order valence-corrected chi connectivity index (χ1v) is 3.97. The van der Waals surface area contributed by atoms with Crippen LogP contribution >= 0.6 is 0 Å². The van der Waals surface area contributed by atoms with Gasteiger partial charge in [-0.05, 0) is 11.6 Å². The molecule has 1 radical (unpaired) electrons. The highest BCUT2D eigenvalue weighted by atomic mass is 14.9. The van der Waals surface area contributed by atoms with Crippen LogP contribution in [0.15, 0.2) is 24.3 Å². The quantitative estimate of drug-likeness (QED) is 0.691. The molecule has 1 aromatic carbocycles. The van der Waals surface area contributed by atoms with Crippen molar-refractivity contribution in [3.63, 3.8) is 0 Å². The van der Waals surface area contributed by atoms with Crippen LogP contribution in [-0.2, 0) is 6.54 Å². The van der Waals surface area contributed by atoms with E-state index in [-0.39, 0.29) is 0 Å². The van der Waals surface area contributed by atoms with Crippen LogP contribution in [0.2, 0.25) is 0 Å². The number of nitrogens with one attached hydrogen (secondary N) is 1. The summed E-state index contributed by atoms with van der Waals surface area (Å²) in [6.45, 7) is 5.25. The van der Waals surface area contributed by atoms with Gasteiger partial charge in [0.25, 0.3) is 0 Å². The Morgan fingerprint density at radius 3 is 2.55 bits per heavy atom. The van der Waals surface area contributed by atoms with Crippen molar-refractivity contribution in [2.45, 2.75) is 26.4 Å². The van der Waals surface area contributed by atoms with Gasteiger partial charge < -0.3 is 5.32 Å². The lowest BCUT2D eigenvalue weighted by molar-refractivity contribution is 0.589. The second-order valence-electron chi connectivity index (χ2n) is 2.94. The fourth-order valence-electron chi connectivity index (χ4n) is 0.861. The van der Waals surface area contributed by atoms with Crippen LogP contribution in [0.3, 0.4) is 0 Å². The topological polar surface area (TPSA) is 12.0 Å². The van der Waals surface area contributed by atoms with E-state index in [9.17, 15) is 0 Å². The molecule has 0 heterocycles. The summed E-state index contributed by atoms with van der Waals surface area (Å²) in [5, 5.41) is 3.35. The summed E-state index contributed by atoms with van der Waals surface area (Å²) in [5.74, 6) is 0. The average molecular weight is 148 g/mol. The summed E-state index contributed by atoms with van der Waals surface area (Å²) in [5.41, 5.74) is 1.32. The van der Waals surface area contributed by atoms with Gasteiger partial charge in [-0.2, -0.15) is 0 Å². The number of rotatable bonds is 3. The lowest BCUT2D eigenvalue weighted by atomic mass is 10.2. The molecule has 0 atom stereocenters.